The minimum atomic E-state index is -0.354. The Balaban J connectivity index is 2.43. The third-order valence-electron chi connectivity index (χ3n) is 1.83. The van der Waals surface area contributed by atoms with Crippen LogP contribution in [-0.2, 0) is 4.79 Å². The highest BCUT2D eigenvalue weighted by Crippen LogP contribution is 2.16. The molecule has 0 unspecified atom stereocenters. The first-order valence-corrected chi connectivity index (χ1v) is 4.71. The van der Waals surface area contributed by atoms with Crippen molar-refractivity contribution in [1.82, 2.24) is 4.90 Å². The first-order valence-electron chi connectivity index (χ1n) is 3.79. The van der Waals surface area contributed by atoms with Crippen molar-refractivity contribution >= 4 is 21.8 Å². The summed E-state index contributed by atoms with van der Waals surface area (Å²) in [4.78, 5) is 13.5. The second-order valence-electron chi connectivity index (χ2n) is 2.96. The number of rotatable bonds is 1. The molecule has 0 spiro atoms. The molecule has 0 aromatic heterocycles. The molecule has 3 nitrogen and oxygen atoms in total. The van der Waals surface area contributed by atoms with E-state index in [4.69, 9.17) is 5.73 Å². The van der Waals surface area contributed by atoms with E-state index in [1.807, 2.05) is 4.90 Å². The van der Waals surface area contributed by atoms with Crippen molar-refractivity contribution in [2.24, 2.45) is 5.73 Å². The highest BCUT2D eigenvalue weighted by atomic mass is 79.9. The third kappa shape index (κ3) is 2.17. The summed E-state index contributed by atoms with van der Waals surface area (Å²) in [6, 6.07) is -0.354. The summed E-state index contributed by atoms with van der Waals surface area (Å²) < 4.78 is 0. The molecule has 2 N–H and O–H groups in total. The fourth-order valence-electron chi connectivity index (χ4n) is 1.21. The third-order valence-corrected chi connectivity index (χ3v) is 2.58. The molecule has 0 aromatic carbocycles. The number of amides is 1. The van der Waals surface area contributed by atoms with Crippen molar-refractivity contribution in [3.63, 3.8) is 0 Å². The van der Waals surface area contributed by atoms with E-state index in [-0.39, 0.29) is 11.9 Å². The van der Waals surface area contributed by atoms with E-state index in [9.17, 15) is 4.79 Å². The lowest BCUT2D eigenvalue weighted by Crippen LogP contribution is -2.40. The van der Waals surface area contributed by atoms with Crippen molar-refractivity contribution in [3.05, 3.63) is 0 Å². The molecule has 0 aliphatic carbocycles. The maximum absolute atomic E-state index is 11.3. The average molecular weight is 221 g/mol. The van der Waals surface area contributed by atoms with Crippen molar-refractivity contribution in [2.45, 2.75) is 24.2 Å². The molecule has 4 heteroatoms. The number of nitrogens with two attached hydrogens (primary N) is 1. The minimum Gasteiger partial charge on any atom is -0.340 e. The van der Waals surface area contributed by atoms with E-state index in [0.29, 0.717) is 4.83 Å². The molecule has 0 aromatic rings. The van der Waals surface area contributed by atoms with Crippen LogP contribution in [0.3, 0.4) is 0 Å². The van der Waals surface area contributed by atoms with E-state index < -0.39 is 0 Å². The standard InChI is InChI=1S/C7H13BrN2O/c1-5(9)7(11)10-3-2-6(8)4-10/h5-6H,2-4,9H2,1H3/t5-,6-/m0/s1. The zero-order valence-corrected chi connectivity index (χ0v) is 8.17. The van der Waals surface area contributed by atoms with E-state index in [1.165, 1.54) is 0 Å². The zero-order valence-electron chi connectivity index (χ0n) is 6.59. The van der Waals surface area contributed by atoms with Crippen LogP contribution in [0.2, 0.25) is 0 Å². The van der Waals surface area contributed by atoms with Gasteiger partial charge in [-0.2, -0.15) is 0 Å². The Kier molecular flexibility index (Phi) is 2.90. The van der Waals surface area contributed by atoms with Gasteiger partial charge in [0, 0.05) is 17.9 Å². The molecule has 1 saturated heterocycles. The molecule has 64 valence electrons. The lowest BCUT2D eigenvalue weighted by molar-refractivity contribution is -0.131. The van der Waals surface area contributed by atoms with Gasteiger partial charge in [0.2, 0.25) is 5.91 Å². The Morgan fingerprint density at radius 2 is 2.45 bits per heavy atom. The van der Waals surface area contributed by atoms with Crippen LogP contribution in [-0.4, -0.2) is 34.8 Å². The van der Waals surface area contributed by atoms with Crippen LogP contribution in [0, 0.1) is 0 Å². The predicted molar refractivity (Wildman–Crippen MR) is 47.6 cm³/mol. The Morgan fingerprint density at radius 3 is 2.82 bits per heavy atom. The van der Waals surface area contributed by atoms with Crippen molar-refractivity contribution < 1.29 is 4.79 Å². The highest BCUT2D eigenvalue weighted by molar-refractivity contribution is 9.09. The first kappa shape index (κ1) is 9.00. The fourth-order valence-corrected chi connectivity index (χ4v) is 1.76. The maximum atomic E-state index is 11.3. The topological polar surface area (TPSA) is 46.3 Å². The van der Waals surface area contributed by atoms with Crippen molar-refractivity contribution in [1.29, 1.82) is 0 Å². The first-order chi connectivity index (χ1) is 5.11. The quantitative estimate of drug-likeness (QED) is 0.648. The van der Waals surface area contributed by atoms with Gasteiger partial charge in [-0.3, -0.25) is 4.79 Å². The predicted octanol–water partition coefficient (Wildman–Crippen LogP) is 0.329. The van der Waals surface area contributed by atoms with E-state index in [0.717, 1.165) is 19.5 Å². The molecule has 0 bridgehead atoms. The molecular formula is C7H13BrN2O. The van der Waals surface area contributed by atoms with Gasteiger partial charge in [-0.05, 0) is 13.3 Å². The van der Waals surface area contributed by atoms with E-state index >= 15 is 0 Å². The number of carbonyl (C=O) groups is 1. The van der Waals surface area contributed by atoms with Gasteiger partial charge in [0.05, 0.1) is 6.04 Å². The Labute approximate surface area is 75.1 Å². The second-order valence-corrected chi connectivity index (χ2v) is 4.25. The number of alkyl halides is 1. The van der Waals surface area contributed by atoms with Crippen LogP contribution in [0.1, 0.15) is 13.3 Å². The summed E-state index contributed by atoms with van der Waals surface area (Å²) in [7, 11) is 0. The lowest BCUT2D eigenvalue weighted by atomic mass is 10.3. The number of hydrogen-bond acceptors (Lipinski definition) is 2. The van der Waals surface area contributed by atoms with Crippen LogP contribution in [0.25, 0.3) is 0 Å². The van der Waals surface area contributed by atoms with E-state index in [1.54, 1.807) is 6.92 Å². The summed E-state index contributed by atoms with van der Waals surface area (Å²) in [6.07, 6.45) is 1.04. The van der Waals surface area contributed by atoms with Gasteiger partial charge < -0.3 is 10.6 Å². The van der Waals surface area contributed by atoms with Gasteiger partial charge in [0.1, 0.15) is 0 Å². The molecule has 1 fully saturated rings. The number of hydrogen-bond donors (Lipinski definition) is 1. The average Bonchev–Trinajstić information content (AvgIpc) is 2.34. The minimum absolute atomic E-state index is 0.0620. The smallest absolute Gasteiger partial charge is 0.239 e. The number of carbonyl (C=O) groups excluding carboxylic acids is 1. The molecule has 0 radical (unpaired) electrons. The van der Waals surface area contributed by atoms with Gasteiger partial charge in [-0.25, -0.2) is 0 Å². The van der Waals surface area contributed by atoms with Gasteiger partial charge >= 0.3 is 0 Å². The number of halogens is 1. The van der Waals surface area contributed by atoms with Crippen LogP contribution in [0.15, 0.2) is 0 Å². The van der Waals surface area contributed by atoms with Crippen LogP contribution in [0.5, 0.6) is 0 Å². The number of nitrogens with zero attached hydrogens (tertiary/aromatic N) is 1. The molecule has 1 aliphatic heterocycles. The molecule has 1 heterocycles. The molecule has 1 amide bonds. The summed E-state index contributed by atoms with van der Waals surface area (Å²) in [5.74, 6) is 0.0620. The van der Waals surface area contributed by atoms with E-state index in [2.05, 4.69) is 15.9 Å². The van der Waals surface area contributed by atoms with Gasteiger partial charge in [0.25, 0.3) is 0 Å². The molecular weight excluding hydrogens is 208 g/mol. The Bertz CT molecular complexity index is 161. The highest BCUT2D eigenvalue weighted by Gasteiger charge is 2.25. The number of likely N-dealkylation sites (tertiary alicyclic amines) is 1. The van der Waals surface area contributed by atoms with Gasteiger partial charge in [-0.1, -0.05) is 15.9 Å². The zero-order chi connectivity index (χ0) is 8.43. The molecule has 1 aliphatic rings. The lowest BCUT2D eigenvalue weighted by Gasteiger charge is -2.17. The Morgan fingerprint density at radius 1 is 1.82 bits per heavy atom. The summed E-state index contributed by atoms with van der Waals surface area (Å²) in [5, 5.41) is 0. The normalized spacial score (nSPS) is 27.2. The fraction of sp³-hybridized carbons (Fsp3) is 0.857. The van der Waals surface area contributed by atoms with Crippen LogP contribution < -0.4 is 5.73 Å². The van der Waals surface area contributed by atoms with Crippen molar-refractivity contribution in [2.75, 3.05) is 13.1 Å². The van der Waals surface area contributed by atoms with Crippen LogP contribution in [0.4, 0.5) is 0 Å². The second kappa shape index (κ2) is 3.54. The molecule has 0 saturated carbocycles. The largest absolute Gasteiger partial charge is 0.340 e. The SMILES string of the molecule is C[C@H](N)C(=O)N1CC[C@H](Br)C1. The van der Waals surface area contributed by atoms with Gasteiger partial charge in [0.15, 0.2) is 0 Å². The van der Waals surface area contributed by atoms with Crippen LogP contribution >= 0.6 is 15.9 Å². The summed E-state index contributed by atoms with van der Waals surface area (Å²) in [6.45, 7) is 3.38. The Hall–Kier alpha value is -0.0900. The molecule has 2 atom stereocenters. The summed E-state index contributed by atoms with van der Waals surface area (Å²) >= 11 is 3.46. The monoisotopic (exact) mass is 220 g/mol. The molecule has 11 heavy (non-hydrogen) atoms. The van der Waals surface area contributed by atoms with Gasteiger partial charge in [-0.15, -0.1) is 0 Å². The molecule has 1 rings (SSSR count). The summed E-state index contributed by atoms with van der Waals surface area (Å²) in [5.41, 5.74) is 5.45. The maximum Gasteiger partial charge on any atom is 0.239 e. The van der Waals surface area contributed by atoms with Crippen molar-refractivity contribution in [3.8, 4) is 0 Å².